The van der Waals surface area contributed by atoms with Crippen LogP contribution in [0.1, 0.15) is 57.2 Å². The second-order valence-electron chi connectivity index (χ2n) is 8.73. The summed E-state index contributed by atoms with van der Waals surface area (Å²) >= 11 is 0. The molecule has 1 aliphatic heterocycles. The number of benzene rings is 2. The molecule has 5 rings (SSSR count). The Kier molecular flexibility index (Phi) is 4.88. The highest BCUT2D eigenvalue weighted by Crippen LogP contribution is 2.59. The largest absolute Gasteiger partial charge is 0.481 e. The first kappa shape index (κ1) is 22.5. The van der Waals surface area contributed by atoms with Crippen molar-refractivity contribution in [3.8, 4) is 11.6 Å². The zero-order valence-electron chi connectivity index (χ0n) is 19.1. The van der Waals surface area contributed by atoms with Crippen LogP contribution in [0.4, 0.5) is 5.69 Å². The molecule has 1 aliphatic carbocycles. The number of carbonyl (C=O) groups excluding carboxylic acids is 2. The number of methoxy groups -OCH3 is 1. The van der Waals surface area contributed by atoms with Gasteiger partial charge in [-0.2, -0.15) is 0 Å². The predicted octanol–water partition coefficient (Wildman–Crippen LogP) is 3.18. The van der Waals surface area contributed by atoms with E-state index in [1.807, 2.05) is 13.8 Å². The van der Waals surface area contributed by atoms with Crippen LogP contribution in [0.25, 0.3) is 0 Å². The maximum Gasteiger partial charge on any atom is 0.280 e. The van der Waals surface area contributed by atoms with Crippen LogP contribution < -0.4 is 14.8 Å². The van der Waals surface area contributed by atoms with Crippen molar-refractivity contribution >= 4 is 17.4 Å². The van der Waals surface area contributed by atoms with Crippen LogP contribution in [0.15, 0.2) is 54.7 Å². The van der Waals surface area contributed by atoms with Gasteiger partial charge in [0.2, 0.25) is 17.2 Å². The average molecular weight is 475 g/mol. The quantitative estimate of drug-likeness (QED) is 0.423. The molecule has 0 saturated carbocycles. The van der Waals surface area contributed by atoms with Gasteiger partial charge in [0.15, 0.2) is 0 Å². The van der Waals surface area contributed by atoms with Gasteiger partial charge in [-0.1, -0.05) is 38.1 Å². The first-order chi connectivity index (χ1) is 16.6. The highest BCUT2D eigenvalue weighted by Gasteiger charge is 2.73. The Morgan fingerprint density at radius 2 is 1.97 bits per heavy atom. The third kappa shape index (κ3) is 2.96. The molecule has 1 amide bonds. The summed E-state index contributed by atoms with van der Waals surface area (Å²) in [6.45, 7) is 3.95. The Bertz CT molecular complexity index is 1420. The van der Waals surface area contributed by atoms with E-state index >= 15 is 0 Å². The van der Waals surface area contributed by atoms with E-state index in [1.165, 1.54) is 43.6 Å². The van der Waals surface area contributed by atoms with E-state index in [1.54, 1.807) is 18.2 Å². The number of aromatic nitrogens is 1. The number of amides is 1. The molecule has 0 radical (unpaired) electrons. The van der Waals surface area contributed by atoms with Crippen molar-refractivity contribution in [3.63, 3.8) is 0 Å². The molecule has 2 aliphatic rings. The van der Waals surface area contributed by atoms with Gasteiger partial charge in [0.1, 0.15) is 11.3 Å². The molecule has 0 bridgehead atoms. The van der Waals surface area contributed by atoms with Gasteiger partial charge in [-0.25, -0.2) is 4.98 Å². The lowest BCUT2D eigenvalue weighted by atomic mass is 9.82. The molecular formula is C25H21N3O7. The number of nitro benzene ring substituents is 1. The standard InChI is InChI=1S/C25H21N3O7/c1-13(2)14-7-8-16-19(11-14)35-25(31)17-5-4-6-18(28(32)33)21(17)22(29)24(16,25)27-23(30)15-9-10-26-20(12-15)34-3/h4-13,31H,1-3H3,(H,27,30). The molecule has 178 valence electrons. The molecule has 10 heteroatoms. The molecule has 2 atom stereocenters. The first-order valence-corrected chi connectivity index (χ1v) is 10.8. The van der Waals surface area contributed by atoms with Crippen LogP contribution in [0, 0.1) is 10.1 Å². The number of Topliss-reactive ketones (excluding diaryl/α,β-unsaturated/α-hetero) is 1. The minimum atomic E-state index is -2.41. The molecule has 1 aromatic heterocycles. The van der Waals surface area contributed by atoms with Crippen LogP contribution in [-0.2, 0) is 11.3 Å². The topological polar surface area (TPSA) is 141 Å². The van der Waals surface area contributed by atoms with Crippen LogP contribution in [0.3, 0.4) is 0 Å². The van der Waals surface area contributed by atoms with Crippen molar-refractivity contribution in [2.24, 2.45) is 0 Å². The Hall–Kier alpha value is -4.31. The van der Waals surface area contributed by atoms with Crippen molar-refractivity contribution in [3.05, 3.63) is 92.7 Å². The van der Waals surface area contributed by atoms with Crippen molar-refractivity contribution in [2.45, 2.75) is 31.1 Å². The van der Waals surface area contributed by atoms with Crippen molar-refractivity contribution in [2.75, 3.05) is 7.11 Å². The monoisotopic (exact) mass is 475 g/mol. The van der Waals surface area contributed by atoms with Crippen molar-refractivity contribution < 1.29 is 29.1 Å². The number of nitrogens with one attached hydrogen (secondary N) is 1. The summed E-state index contributed by atoms with van der Waals surface area (Å²) in [4.78, 5) is 42.4. The molecular weight excluding hydrogens is 454 g/mol. The summed E-state index contributed by atoms with van der Waals surface area (Å²) in [5, 5.41) is 26.3. The summed E-state index contributed by atoms with van der Waals surface area (Å²) in [5.74, 6) is -3.47. The number of nitrogens with zero attached hydrogens (tertiary/aromatic N) is 2. The Morgan fingerprint density at radius 3 is 2.66 bits per heavy atom. The lowest BCUT2D eigenvalue weighted by Crippen LogP contribution is -2.60. The lowest BCUT2D eigenvalue weighted by Gasteiger charge is -2.34. The summed E-state index contributed by atoms with van der Waals surface area (Å²) in [6.07, 6.45) is 1.36. The number of rotatable bonds is 5. The SMILES string of the molecule is COc1cc(C(=O)NC23C(=O)c4c([N+](=O)[O-])cccc4C2(O)Oc2cc(C(C)C)ccc23)ccn1. The number of ether oxygens (including phenoxy) is 2. The van der Waals surface area contributed by atoms with Gasteiger partial charge in [-0.15, -0.1) is 0 Å². The molecule has 3 aromatic rings. The summed E-state index contributed by atoms with van der Waals surface area (Å²) in [5.41, 5.74) is -1.84. The van der Waals surface area contributed by atoms with Gasteiger partial charge in [0, 0.05) is 35.0 Å². The van der Waals surface area contributed by atoms with Gasteiger partial charge in [-0.3, -0.25) is 19.7 Å². The average Bonchev–Trinajstić information content (AvgIpc) is 3.20. The van der Waals surface area contributed by atoms with Crippen molar-refractivity contribution in [1.29, 1.82) is 0 Å². The van der Waals surface area contributed by atoms with Crippen LogP contribution in [0.2, 0.25) is 0 Å². The second kappa shape index (κ2) is 7.60. The van der Waals surface area contributed by atoms with E-state index in [2.05, 4.69) is 10.3 Å². The van der Waals surface area contributed by atoms with Crippen LogP contribution in [-0.4, -0.2) is 33.8 Å². The number of hydrogen-bond acceptors (Lipinski definition) is 8. The number of fused-ring (bicyclic) bond motifs is 5. The molecule has 2 heterocycles. The minimum Gasteiger partial charge on any atom is -0.481 e. The Balaban J connectivity index is 1.74. The molecule has 35 heavy (non-hydrogen) atoms. The third-order valence-electron chi connectivity index (χ3n) is 6.52. The molecule has 0 fully saturated rings. The summed E-state index contributed by atoms with van der Waals surface area (Å²) in [7, 11) is 1.39. The smallest absolute Gasteiger partial charge is 0.280 e. The maximum atomic E-state index is 14.0. The maximum absolute atomic E-state index is 14.0. The first-order valence-electron chi connectivity index (χ1n) is 10.8. The van der Waals surface area contributed by atoms with E-state index in [0.29, 0.717) is 0 Å². The Morgan fingerprint density at radius 1 is 1.20 bits per heavy atom. The molecule has 0 saturated heterocycles. The molecule has 2 N–H and O–H groups in total. The van der Waals surface area contributed by atoms with Gasteiger partial charge in [0.05, 0.1) is 12.0 Å². The van der Waals surface area contributed by atoms with Gasteiger partial charge < -0.3 is 19.9 Å². The molecule has 2 unspecified atom stereocenters. The van der Waals surface area contributed by atoms with Crippen molar-refractivity contribution in [1.82, 2.24) is 10.3 Å². The number of ketones is 1. The molecule has 10 nitrogen and oxygen atoms in total. The predicted molar refractivity (Wildman–Crippen MR) is 122 cm³/mol. The van der Waals surface area contributed by atoms with E-state index < -0.39 is 33.6 Å². The van der Waals surface area contributed by atoms with Crippen LogP contribution >= 0.6 is 0 Å². The van der Waals surface area contributed by atoms with Crippen LogP contribution in [0.5, 0.6) is 11.6 Å². The fourth-order valence-electron chi connectivity index (χ4n) is 4.76. The third-order valence-corrected chi connectivity index (χ3v) is 6.52. The zero-order valence-corrected chi connectivity index (χ0v) is 19.1. The zero-order chi connectivity index (χ0) is 25.1. The van der Waals surface area contributed by atoms with E-state index in [4.69, 9.17) is 9.47 Å². The second-order valence-corrected chi connectivity index (χ2v) is 8.73. The van der Waals surface area contributed by atoms with E-state index in [0.717, 1.165) is 5.56 Å². The fraction of sp³-hybridized carbons (Fsp3) is 0.240. The van der Waals surface area contributed by atoms with E-state index in [9.17, 15) is 24.8 Å². The number of pyridine rings is 1. The van der Waals surface area contributed by atoms with Gasteiger partial charge in [-0.05, 0) is 23.6 Å². The molecule has 2 aromatic carbocycles. The molecule has 0 spiro atoms. The van der Waals surface area contributed by atoms with E-state index in [-0.39, 0.29) is 39.8 Å². The number of aliphatic hydroxyl groups is 1. The Labute approximate surface area is 199 Å². The number of nitro groups is 1. The normalized spacial score (nSPS) is 21.7. The van der Waals surface area contributed by atoms with Gasteiger partial charge >= 0.3 is 0 Å². The number of carbonyl (C=O) groups is 2. The highest BCUT2D eigenvalue weighted by atomic mass is 16.6. The van der Waals surface area contributed by atoms with Gasteiger partial charge in [0.25, 0.3) is 17.4 Å². The number of hydrogen-bond donors (Lipinski definition) is 2. The highest BCUT2D eigenvalue weighted by molar-refractivity contribution is 6.15. The summed E-state index contributed by atoms with van der Waals surface area (Å²) < 4.78 is 11.1. The lowest BCUT2D eigenvalue weighted by molar-refractivity contribution is -0.385. The fourth-order valence-corrected chi connectivity index (χ4v) is 4.76. The summed E-state index contributed by atoms with van der Waals surface area (Å²) in [6, 6.07) is 11.8. The minimum absolute atomic E-state index is 0.0911.